The minimum Gasteiger partial charge on any atom is -0.493 e. The molecule has 0 N–H and O–H groups in total. The van der Waals surface area contributed by atoms with Gasteiger partial charge in [0.1, 0.15) is 30.0 Å². The molecule has 2 aromatic carbocycles. The minimum absolute atomic E-state index is 0.0979. The monoisotopic (exact) mass is 460 g/mol. The van der Waals surface area contributed by atoms with Gasteiger partial charge in [-0.05, 0) is 53.0 Å². The SMILES string of the molecule is O=C(OC1CCC2C(=O)C(Oc3ccccc3Br)=COC2C1)c1ccccc1F. The standard InChI is InChI=1S/C22H18BrFO5/c23-16-6-2-4-8-18(16)29-20-12-27-19-11-13(9-10-15(19)21(20)25)28-22(26)14-5-1-3-7-17(14)24/h1-8,12-13,15,19H,9-11H2. The number of benzene rings is 2. The molecular formula is C22H18BrFO5. The van der Waals surface area contributed by atoms with Crippen molar-refractivity contribution in [3.63, 3.8) is 0 Å². The summed E-state index contributed by atoms with van der Waals surface area (Å²) < 4.78 is 31.4. The lowest BCUT2D eigenvalue weighted by Crippen LogP contribution is -2.43. The Hall–Kier alpha value is -2.67. The molecule has 3 atom stereocenters. The molecule has 0 spiro atoms. The third-order valence-corrected chi connectivity index (χ3v) is 5.75. The van der Waals surface area contributed by atoms with Crippen LogP contribution in [0.25, 0.3) is 0 Å². The number of esters is 1. The van der Waals surface area contributed by atoms with Gasteiger partial charge in [0.25, 0.3) is 0 Å². The van der Waals surface area contributed by atoms with Crippen LogP contribution in [-0.2, 0) is 14.3 Å². The fourth-order valence-electron chi connectivity index (χ4n) is 3.60. The number of ketones is 1. The number of rotatable bonds is 4. The van der Waals surface area contributed by atoms with Crippen LogP contribution in [0.15, 0.2) is 65.0 Å². The molecule has 3 unspecified atom stereocenters. The minimum atomic E-state index is -0.706. The second-order valence-corrected chi connectivity index (χ2v) is 7.83. The summed E-state index contributed by atoms with van der Waals surface area (Å²) in [6.07, 6.45) is 1.85. The Bertz CT molecular complexity index is 973. The Labute approximate surface area is 175 Å². The number of carbonyl (C=O) groups is 2. The summed E-state index contributed by atoms with van der Waals surface area (Å²) in [6, 6.07) is 12.9. The normalized spacial score (nSPS) is 23.4. The smallest absolute Gasteiger partial charge is 0.341 e. The van der Waals surface area contributed by atoms with Gasteiger partial charge in [0.05, 0.1) is 16.0 Å². The van der Waals surface area contributed by atoms with E-state index in [-0.39, 0.29) is 23.0 Å². The summed E-state index contributed by atoms with van der Waals surface area (Å²) in [7, 11) is 0. The van der Waals surface area contributed by atoms with Crippen LogP contribution in [0.3, 0.4) is 0 Å². The maximum atomic E-state index is 13.8. The molecule has 0 amide bonds. The number of ether oxygens (including phenoxy) is 3. The highest BCUT2D eigenvalue weighted by Crippen LogP contribution is 2.36. The molecule has 0 saturated heterocycles. The molecule has 1 aliphatic carbocycles. The second-order valence-electron chi connectivity index (χ2n) is 6.98. The highest BCUT2D eigenvalue weighted by molar-refractivity contribution is 9.10. The Kier molecular flexibility index (Phi) is 5.67. The van der Waals surface area contributed by atoms with E-state index in [9.17, 15) is 14.0 Å². The average Bonchev–Trinajstić information content (AvgIpc) is 2.72. The number of halogens is 2. The first kappa shape index (κ1) is 19.6. The van der Waals surface area contributed by atoms with E-state index in [1.807, 2.05) is 18.2 Å². The number of carbonyl (C=O) groups excluding carboxylic acids is 2. The van der Waals surface area contributed by atoms with E-state index in [0.717, 1.165) is 4.47 Å². The van der Waals surface area contributed by atoms with Crippen molar-refractivity contribution in [3.05, 3.63) is 76.4 Å². The molecular weight excluding hydrogens is 443 g/mol. The van der Waals surface area contributed by atoms with Crippen molar-refractivity contribution < 1.29 is 28.2 Å². The number of Topliss-reactive ketones (excluding diaryl/α,β-unsaturated/α-hetero) is 1. The summed E-state index contributed by atoms with van der Waals surface area (Å²) in [5.41, 5.74) is -0.0979. The van der Waals surface area contributed by atoms with Crippen LogP contribution in [0.2, 0.25) is 0 Å². The van der Waals surface area contributed by atoms with E-state index >= 15 is 0 Å². The predicted molar refractivity (Wildman–Crippen MR) is 106 cm³/mol. The van der Waals surface area contributed by atoms with Crippen LogP contribution in [-0.4, -0.2) is 24.0 Å². The third kappa shape index (κ3) is 4.19. The number of allylic oxidation sites excluding steroid dienone is 1. The average molecular weight is 461 g/mol. The maximum absolute atomic E-state index is 13.8. The van der Waals surface area contributed by atoms with Gasteiger partial charge in [-0.15, -0.1) is 0 Å². The van der Waals surface area contributed by atoms with Crippen molar-refractivity contribution in [2.45, 2.75) is 31.5 Å². The van der Waals surface area contributed by atoms with Gasteiger partial charge in [-0.25, -0.2) is 9.18 Å². The van der Waals surface area contributed by atoms with Gasteiger partial charge in [-0.2, -0.15) is 0 Å². The lowest BCUT2D eigenvalue weighted by molar-refractivity contribution is -0.132. The molecule has 150 valence electrons. The molecule has 1 saturated carbocycles. The second kappa shape index (κ2) is 8.37. The van der Waals surface area contributed by atoms with Gasteiger partial charge in [0.2, 0.25) is 11.5 Å². The molecule has 7 heteroatoms. The van der Waals surface area contributed by atoms with E-state index in [1.165, 1.54) is 24.5 Å². The molecule has 4 rings (SSSR count). The van der Waals surface area contributed by atoms with E-state index in [0.29, 0.717) is 25.0 Å². The van der Waals surface area contributed by atoms with E-state index in [2.05, 4.69) is 15.9 Å². The predicted octanol–water partition coefficient (Wildman–Crippen LogP) is 4.80. The fraction of sp³-hybridized carbons (Fsp3) is 0.273. The molecule has 2 aliphatic rings. The van der Waals surface area contributed by atoms with Gasteiger partial charge in [0, 0.05) is 6.42 Å². The number of fused-ring (bicyclic) bond motifs is 1. The Balaban J connectivity index is 1.41. The maximum Gasteiger partial charge on any atom is 0.341 e. The Morgan fingerprint density at radius 1 is 1.10 bits per heavy atom. The van der Waals surface area contributed by atoms with Crippen molar-refractivity contribution >= 4 is 27.7 Å². The molecule has 1 heterocycles. The third-order valence-electron chi connectivity index (χ3n) is 5.10. The first-order chi connectivity index (χ1) is 14.0. The fourth-order valence-corrected chi connectivity index (χ4v) is 3.97. The zero-order valence-corrected chi connectivity index (χ0v) is 16.9. The molecule has 5 nitrogen and oxygen atoms in total. The molecule has 0 aromatic heterocycles. The lowest BCUT2D eigenvalue weighted by atomic mass is 9.80. The van der Waals surface area contributed by atoms with Crippen LogP contribution in [0.5, 0.6) is 5.75 Å². The first-order valence-electron chi connectivity index (χ1n) is 9.30. The van der Waals surface area contributed by atoms with Crippen molar-refractivity contribution in [2.75, 3.05) is 0 Å². The summed E-state index contributed by atoms with van der Waals surface area (Å²) in [5.74, 6) is -1.13. The quantitative estimate of drug-likeness (QED) is 0.613. The van der Waals surface area contributed by atoms with E-state index in [4.69, 9.17) is 14.2 Å². The highest BCUT2D eigenvalue weighted by atomic mass is 79.9. The summed E-state index contributed by atoms with van der Waals surface area (Å²) in [5, 5.41) is 0. The summed E-state index contributed by atoms with van der Waals surface area (Å²) in [6.45, 7) is 0. The summed E-state index contributed by atoms with van der Waals surface area (Å²) >= 11 is 3.39. The Morgan fingerprint density at radius 2 is 1.86 bits per heavy atom. The molecule has 2 aromatic rings. The van der Waals surface area contributed by atoms with E-state index < -0.39 is 24.0 Å². The van der Waals surface area contributed by atoms with Crippen molar-refractivity contribution in [2.24, 2.45) is 5.92 Å². The van der Waals surface area contributed by atoms with Crippen molar-refractivity contribution in [1.82, 2.24) is 0 Å². The molecule has 29 heavy (non-hydrogen) atoms. The van der Waals surface area contributed by atoms with E-state index in [1.54, 1.807) is 12.1 Å². The topological polar surface area (TPSA) is 61.8 Å². The number of para-hydroxylation sites is 1. The largest absolute Gasteiger partial charge is 0.493 e. The van der Waals surface area contributed by atoms with Crippen LogP contribution in [0.4, 0.5) is 4.39 Å². The first-order valence-corrected chi connectivity index (χ1v) is 10.1. The zero-order chi connectivity index (χ0) is 20.4. The van der Waals surface area contributed by atoms with Gasteiger partial charge < -0.3 is 14.2 Å². The van der Waals surface area contributed by atoms with Gasteiger partial charge in [0.15, 0.2) is 0 Å². The van der Waals surface area contributed by atoms with Crippen LogP contribution < -0.4 is 4.74 Å². The van der Waals surface area contributed by atoms with Crippen molar-refractivity contribution in [3.8, 4) is 5.75 Å². The molecule has 0 radical (unpaired) electrons. The van der Waals surface area contributed by atoms with Crippen molar-refractivity contribution in [1.29, 1.82) is 0 Å². The zero-order valence-electron chi connectivity index (χ0n) is 15.3. The summed E-state index contributed by atoms with van der Waals surface area (Å²) in [4.78, 5) is 25.1. The van der Waals surface area contributed by atoms with Gasteiger partial charge in [-0.3, -0.25) is 4.79 Å². The lowest BCUT2D eigenvalue weighted by Gasteiger charge is -2.36. The van der Waals surface area contributed by atoms with Crippen LogP contribution in [0.1, 0.15) is 29.6 Å². The molecule has 0 bridgehead atoms. The number of hydrogen-bond acceptors (Lipinski definition) is 5. The van der Waals surface area contributed by atoms with Crippen LogP contribution in [0, 0.1) is 11.7 Å². The van der Waals surface area contributed by atoms with Gasteiger partial charge >= 0.3 is 5.97 Å². The molecule has 1 aliphatic heterocycles. The van der Waals surface area contributed by atoms with Gasteiger partial charge in [-0.1, -0.05) is 24.3 Å². The Morgan fingerprint density at radius 3 is 2.66 bits per heavy atom. The highest BCUT2D eigenvalue weighted by Gasteiger charge is 2.42. The van der Waals surface area contributed by atoms with Crippen LogP contribution >= 0.6 is 15.9 Å². The molecule has 1 fully saturated rings. The number of hydrogen-bond donors (Lipinski definition) is 0.